The number of Topliss-reactive ketones (excluding diaryl/α,β-unsaturated/α-hetero) is 1. The lowest BCUT2D eigenvalue weighted by Crippen LogP contribution is -2.44. The highest BCUT2D eigenvalue weighted by atomic mass is 16.6. The molecule has 38 heavy (non-hydrogen) atoms. The summed E-state index contributed by atoms with van der Waals surface area (Å²) in [6.07, 6.45) is 3.48. The van der Waals surface area contributed by atoms with Crippen LogP contribution in [0.25, 0.3) is 6.08 Å². The van der Waals surface area contributed by atoms with Crippen molar-refractivity contribution < 1.29 is 24.2 Å². The molecule has 0 unspecified atom stereocenters. The van der Waals surface area contributed by atoms with Gasteiger partial charge in [0.1, 0.15) is 6.04 Å². The highest BCUT2D eigenvalue weighted by molar-refractivity contribution is 6.24. The predicted molar refractivity (Wildman–Crippen MR) is 134 cm³/mol. The van der Waals surface area contributed by atoms with Gasteiger partial charge < -0.3 is 4.90 Å². The van der Waals surface area contributed by atoms with Gasteiger partial charge in [-0.15, -0.1) is 0 Å². The SMILES string of the molecule is O=C(c1cccc([N+](=O)[O-])c1)[C@@H]1[C@@H]2C(=O)N(c3cccc([N+](=O)[O-])c3)C(=O)[C@H]2[C@@H]2c3ccccc3C=CN12. The number of amides is 2. The number of nitro groups is 2. The third kappa shape index (κ3) is 3.32. The number of fused-ring (bicyclic) bond motifs is 5. The number of nitrogens with zero attached hydrogens (tertiary/aromatic N) is 4. The molecule has 3 aromatic rings. The van der Waals surface area contributed by atoms with Crippen LogP contribution in [0.4, 0.5) is 17.1 Å². The number of anilines is 1. The summed E-state index contributed by atoms with van der Waals surface area (Å²) in [6, 6.07) is 16.1. The van der Waals surface area contributed by atoms with E-state index in [1.54, 1.807) is 23.2 Å². The van der Waals surface area contributed by atoms with Crippen molar-refractivity contribution in [2.75, 3.05) is 4.90 Å². The van der Waals surface area contributed by atoms with Gasteiger partial charge in [-0.05, 0) is 23.3 Å². The Balaban J connectivity index is 1.49. The molecule has 3 aromatic carbocycles. The Kier molecular flexibility index (Phi) is 5.16. The van der Waals surface area contributed by atoms with Gasteiger partial charge in [-0.25, -0.2) is 4.90 Å². The second kappa shape index (κ2) is 8.44. The molecule has 0 aliphatic carbocycles. The highest BCUT2D eigenvalue weighted by Crippen LogP contribution is 2.53. The van der Waals surface area contributed by atoms with Crippen LogP contribution >= 0.6 is 0 Å². The monoisotopic (exact) mass is 510 g/mol. The van der Waals surface area contributed by atoms with Gasteiger partial charge in [-0.2, -0.15) is 0 Å². The molecule has 11 heteroatoms. The van der Waals surface area contributed by atoms with E-state index in [2.05, 4.69) is 0 Å². The zero-order chi connectivity index (χ0) is 26.7. The zero-order valence-electron chi connectivity index (χ0n) is 19.5. The lowest BCUT2D eigenvalue weighted by molar-refractivity contribution is -0.385. The Morgan fingerprint density at radius 1 is 0.789 bits per heavy atom. The van der Waals surface area contributed by atoms with E-state index in [-0.39, 0.29) is 22.6 Å². The molecule has 2 fully saturated rings. The van der Waals surface area contributed by atoms with Crippen molar-refractivity contribution in [1.82, 2.24) is 4.90 Å². The van der Waals surface area contributed by atoms with Crippen LogP contribution in [0.5, 0.6) is 0 Å². The van der Waals surface area contributed by atoms with Crippen LogP contribution in [-0.4, -0.2) is 38.4 Å². The standard InChI is InChI=1S/C27H18N4O7/c32-25(16-6-3-8-18(13-16)30(35)36)24-22-21(23-20-10-2-1-5-15(20)11-12-28(23)24)26(33)29(27(22)34)17-7-4-9-19(14-17)31(37)38/h1-14,21-24H/t21-,22-,23+,24+/m1/s1. The normalized spacial score (nSPS) is 23.2. The number of nitro benzene ring substituents is 2. The molecule has 0 radical (unpaired) electrons. The second-order valence-corrected chi connectivity index (χ2v) is 9.29. The number of benzene rings is 3. The molecule has 188 valence electrons. The number of carbonyl (C=O) groups excluding carboxylic acids is 3. The maximum atomic E-state index is 13.9. The number of hydrogen-bond donors (Lipinski definition) is 0. The molecule has 11 nitrogen and oxygen atoms in total. The number of carbonyl (C=O) groups is 3. The van der Waals surface area contributed by atoms with E-state index in [0.29, 0.717) is 0 Å². The first-order chi connectivity index (χ1) is 18.3. The van der Waals surface area contributed by atoms with Crippen LogP contribution in [0, 0.1) is 32.1 Å². The lowest BCUT2D eigenvalue weighted by atomic mass is 9.83. The Labute approximate surface area is 214 Å². The van der Waals surface area contributed by atoms with E-state index in [9.17, 15) is 34.6 Å². The van der Waals surface area contributed by atoms with Crippen molar-refractivity contribution in [2.24, 2.45) is 11.8 Å². The van der Waals surface area contributed by atoms with Gasteiger partial charge in [-0.3, -0.25) is 34.6 Å². The summed E-state index contributed by atoms with van der Waals surface area (Å²) < 4.78 is 0. The topological polar surface area (TPSA) is 144 Å². The molecule has 0 aromatic heterocycles. The van der Waals surface area contributed by atoms with Gasteiger partial charge in [-0.1, -0.05) is 42.5 Å². The predicted octanol–water partition coefficient (Wildman–Crippen LogP) is 3.90. The van der Waals surface area contributed by atoms with Crippen molar-refractivity contribution in [2.45, 2.75) is 12.1 Å². The minimum Gasteiger partial charge on any atom is -0.358 e. The van der Waals surface area contributed by atoms with Crippen LogP contribution in [0.2, 0.25) is 0 Å². The number of rotatable bonds is 5. The largest absolute Gasteiger partial charge is 0.358 e. The van der Waals surface area contributed by atoms with E-state index in [1.165, 1.54) is 36.4 Å². The van der Waals surface area contributed by atoms with E-state index in [1.807, 2.05) is 18.2 Å². The minimum atomic E-state index is -1.11. The molecule has 3 aliphatic heterocycles. The zero-order valence-corrected chi connectivity index (χ0v) is 19.5. The van der Waals surface area contributed by atoms with E-state index in [0.717, 1.165) is 28.2 Å². The average Bonchev–Trinajstić information content (AvgIpc) is 3.40. The fourth-order valence-electron chi connectivity index (χ4n) is 5.80. The molecule has 4 atom stereocenters. The van der Waals surface area contributed by atoms with E-state index >= 15 is 0 Å². The van der Waals surface area contributed by atoms with E-state index in [4.69, 9.17) is 0 Å². The molecule has 3 aliphatic rings. The Morgan fingerprint density at radius 3 is 2.18 bits per heavy atom. The smallest absolute Gasteiger partial charge is 0.271 e. The van der Waals surface area contributed by atoms with E-state index < -0.39 is 51.4 Å². The summed E-state index contributed by atoms with van der Waals surface area (Å²) in [7, 11) is 0. The summed E-state index contributed by atoms with van der Waals surface area (Å²) >= 11 is 0. The number of imide groups is 1. The van der Waals surface area contributed by atoms with Crippen molar-refractivity contribution in [3.05, 3.63) is 116 Å². The molecular formula is C27H18N4O7. The number of ketones is 1. The van der Waals surface area contributed by atoms with Gasteiger partial charge >= 0.3 is 0 Å². The van der Waals surface area contributed by atoms with Gasteiger partial charge in [0.2, 0.25) is 11.8 Å². The van der Waals surface area contributed by atoms with Crippen molar-refractivity contribution in [1.29, 1.82) is 0 Å². The Morgan fingerprint density at radius 2 is 1.45 bits per heavy atom. The van der Waals surface area contributed by atoms with Crippen molar-refractivity contribution in [3.63, 3.8) is 0 Å². The first-order valence-electron chi connectivity index (χ1n) is 11.7. The van der Waals surface area contributed by atoms with Gasteiger partial charge in [0.15, 0.2) is 5.78 Å². The average molecular weight is 510 g/mol. The van der Waals surface area contributed by atoms with Crippen LogP contribution in [0.15, 0.2) is 79.0 Å². The van der Waals surface area contributed by atoms with Gasteiger partial charge in [0.25, 0.3) is 11.4 Å². The van der Waals surface area contributed by atoms with Gasteiger partial charge in [0.05, 0.1) is 33.4 Å². The van der Waals surface area contributed by atoms with Crippen LogP contribution in [0.1, 0.15) is 27.5 Å². The van der Waals surface area contributed by atoms with Crippen molar-refractivity contribution in [3.8, 4) is 0 Å². The fourth-order valence-corrected chi connectivity index (χ4v) is 5.80. The molecular weight excluding hydrogens is 492 g/mol. The molecule has 0 bridgehead atoms. The molecule has 0 saturated carbocycles. The molecule has 0 N–H and O–H groups in total. The Hall–Kier alpha value is -5.19. The summed E-state index contributed by atoms with van der Waals surface area (Å²) in [5.74, 6) is -3.79. The molecule has 6 rings (SSSR count). The summed E-state index contributed by atoms with van der Waals surface area (Å²) in [5.41, 5.74) is 1.15. The van der Waals surface area contributed by atoms with Crippen LogP contribution in [0.3, 0.4) is 0 Å². The highest BCUT2D eigenvalue weighted by Gasteiger charge is 2.64. The third-order valence-corrected chi connectivity index (χ3v) is 7.37. The van der Waals surface area contributed by atoms with Gasteiger partial charge in [0, 0.05) is 36.0 Å². The number of non-ortho nitro benzene ring substituents is 2. The molecule has 2 saturated heterocycles. The summed E-state index contributed by atoms with van der Waals surface area (Å²) in [4.78, 5) is 65.7. The third-order valence-electron chi connectivity index (χ3n) is 7.37. The second-order valence-electron chi connectivity index (χ2n) is 9.29. The number of hydrogen-bond acceptors (Lipinski definition) is 8. The first-order valence-corrected chi connectivity index (χ1v) is 11.7. The van der Waals surface area contributed by atoms with Crippen LogP contribution < -0.4 is 4.90 Å². The quantitative estimate of drug-likeness (QED) is 0.218. The molecule has 3 heterocycles. The molecule has 0 spiro atoms. The first kappa shape index (κ1) is 23.2. The Bertz CT molecular complexity index is 1600. The van der Waals surface area contributed by atoms with Crippen LogP contribution in [-0.2, 0) is 9.59 Å². The summed E-state index contributed by atoms with van der Waals surface area (Å²) in [5, 5.41) is 22.7. The fraction of sp³-hybridized carbons (Fsp3) is 0.148. The minimum absolute atomic E-state index is 0.0462. The maximum absolute atomic E-state index is 13.9. The lowest BCUT2D eigenvalue weighted by Gasteiger charge is -2.35. The molecule has 2 amide bonds. The summed E-state index contributed by atoms with van der Waals surface area (Å²) in [6.45, 7) is 0. The van der Waals surface area contributed by atoms with Crippen molar-refractivity contribution >= 4 is 40.7 Å². The maximum Gasteiger partial charge on any atom is 0.271 e.